The number of benzene rings is 1. The molecule has 0 unspecified atom stereocenters. The molecule has 0 spiro atoms. The van der Waals surface area contributed by atoms with Crippen LogP contribution in [0.15, 0.2) is 42.6 Å². The molecule has 0 amide bonds. The molecule has 16 heavy (non-hydrogen) atoms. The second-order valence-corrected chi connectivity index (χ2v) is 3.87. The Morgan fingerprint density at radius 2 is 2.12 bits per heavy atom. The van der Waals surface area contributed by atoms with Crippen molar-refractivity contribution in [1.82, 2.24) is 10.3 Å². The van der Waals surface area contributed by atoms with Crippen LogP contribution in [0.1, 0.15) is 11.3 Å². The Morgan fingerprint density at radius 1 is 1.19 bits per heavy atom. The van der Waals surface area contributed by atoms with Crippen LogP contribution in [0.5, 0.6) is 0 Å². The summed E-state index contributed by atoms with van der Waals surface area (Å²) in [6, 6.07) is 12.1. The summed E-state index contributed by atoms with van der Waals surface area (Å²) in [5, 5.41) is 3.39. The number of H-pyrrole nitrogens is 1. The highest BCUT2D eigenvalue weighted by Crippen LogP contribution is 2.05. The molecule has 1 heterocycles. The first kappa shape index (κ1) is 10.8. The van der Waals surface area contributed by atoms with Crippen molar-refractivity contribution in [3.63, 3.8) is 0 Å². The van der Waals surface area contributed by atoms with Gasteiger partial charge in [-0.2, -0.15) is 0 Å². The molecule has 0 saturated carbocycles. The molecule has 0 saturated heterocycles. The summed E-state index contributed by atoms with van der Waals surface area (Å²) in [5.41, 5.74) is 9.02. The first-order valence-corrected chi connectivity index (χ1v) is 5.52. The third-order valence-electron chi connectivity index (χ3n) is 2.51. The highest BCUT2D eigenvalue weighted by atomic mass is 14.9. The molecular weight excluding hydrogens is 198 g/mol. The zero-order chi connectivity index (χ0) is 11.2. The first-order valence-electron chi connectivity index (χ1n) is 5.52. The largest absolute Gasteiger partial charge is 0.399 e. The Bertz CT molecular complexity index is 421. The SMILES string of the molecule is Nc1cccc(CNCCc2ccc[nH]2)c1. The molecule has 1 aromatic carbocycles. The number of rotatable bonds is 5. The van der Waals surface area contributed by atoms with Gasteiger partial charge in [-0.1, -0.05) is 12.1 Å². The lowest BCUT2D eigenvalue weighted by molar-refractivity contribution is 0.681. The number of hydrogen-bond acceptors (Lipinski definition) is 2. The molecule has 0 aliphatic carbocycles. The summed E-state index contributed by atoms with van der Waals surface area (Å²) < 4.78 is 0. The van der Waals surface area contributed by atoms with Gasteiger partial charge in [-0.15, -0.1) is 0 Å². The standard InChI is InChI=1S/C13H17N3/c14-12-4-1-3-11(9-12)10-15-8-6-13-5-2-7-16-13/h1-5,7,9,15-16H,6,8,10,14H2. The van der Waals surface area contributed by atoms with Crippen molar-refractivity contribution in [2.45, 2.75) is 13.0 Å². The number of nitrogens with one attached hydrogen (secondary N) is 2. The van der Waals surface area contributed by atoms with Crippen molar-refractivity contribution in [1.29, 1.82) is 0 Å². The zero-order valence-corrected chi connectivity index (χ0v) is 9.24. The van der Waals surface area contributed by atoms with Crippen LogP contribution in [0.2, 0.25) is 0 Å². The smallest absolute Gasteiger partial charge is 0.0317 e. The average molecular weight is 215 g/mol. The molecule has 1 aromatic heterocycles. The molecular formula is C13H17N3. The average Bonchev–Trinajstić information content (AvgIpc) is 2.77. The van der Waals surface area contributed by atoms with E-state index in [1.807, 2.05) is 30.5 Å². The summed E-state index contributed by atoms with van der Waals surface area (Å²) in [5.74, 6) is 0. The van der Waals surface area contributed by atoms with Crippen LogP contribution >= 0.6 is 0 Å². The van der Waals surface area contributed by atoms with Gasteiger partial charge in [0.2, 0.25) is 0 Å². The molecule has 3 nitrogen and oxygen atoms in total. The summed E-state index contributed by atoms with van der Waals surface area (Å²) in [7, 11) is 0. The van der Waals surface area contributed by atoms with Crippen molar-refractivity contribution in [3.05, 3.63) is 53.9 Å². The Balaban J connectivity index is 1.72. The van der Waals surface area contributed by atoms with Crippen molar-refractivity contribution < 1.29 is 0 Å². The Labute approximate surface area is 95.7 Å². The Kier molecular flexibility index (Phi) is 3.62. The molecule has 2 rings (SSSR count). The molecule has 0 bridgehead atoms. The highest BCUT2D eigenvalue weighted by Gasteiger charge is 1.94. The predicted molar refractivity (Wildman–Crippen MR) is 67.1 cm³/mol. The topological polar surface area (TPSA) is 53.8 Å². The van der Waals surface area contributed by atoms with Crippen LogP contribution in [0, 0.1) is 0 Å². The number of nitrogens with two attached hydrogens (primary N) is 1. The summed E-state index contributed by atoms with van der Waals surface area (Å²) >= 11 is 0. The van der Waals surface area contributed by atoms with Gasteiger partial charge < -0.3 is 16.0 Å². The van der Waals surface area contributed by atoms with E-state index in [-0.39, 0.29) is 0 Å². The van der Waals surface area contributed by atoms with E-state index in [1.165, 1.54) is 11.3 Å². The van der Waals surface area contributed by atoms with Crippen LogP contribution < -0.4 is 11.1 Å². The third-order valence-corrected chi connectivity index (χ3v) is 2.51. The van der Waals surface area contributed by atoms with Gasteiger partial charge in [0.25, 0.3) is 0 Å². The lowest BCUT2D eigenvalue weighted by atomic mass is 10.2. The van der Waals surface area contributed by atoms with E-state index >= 15 is 0 Å². The third kappa shape index (κ3) is 3.14. The van der Waals surface area contributed by atoms with E-state index in [1.54, 1.807) is 0 Å². The van der Waals surface area contributed by atoms with Gasteiger partial charge in [0.1, 0.15) is 0 Å². The quantitative estimate of drug-likeness (QED) is 0.527. The minimum absolute atomic E-state index is 0.823. The molecule has 0 radical (unpaired) electrons. The lowest BCUT2D eigenvalue weighted by Crippen LogP contribution is -2.16. The number of aromatic nitrogens is 1. The van der Waals surface area contributed by atoms with Gasteiger partial charge in [0, 0.05) is 30.7 Å². The van der Waals surface area contributed by atoms with Gasteiger partial charge in [0.05, 0.1) is 0 Å². The second kappa shape index (κ2) is 5.37. The van der Waals surface area contributed by atoms with Crippen molar-refractivity contribution in [2.75, 3.05) is 12.3 Å². The fourth-order valence-corrected chi connectivity index (χ4v) is 1.68. The van der Waals surface area contributed by atoms with E-state index in [0.29, 0.717) is 0 Å². The van der Waals surface area contributed by atoms with Gasteiger partial charge >= 0.3 is 0 Å². The fourth-order valence-electron chi connectivity index (χ4n) is 1.68. The predicted octanol–water partition coefficient (Wildman–Crippen LogP) is 1.93. The van der Waals surface area contributed by atoms with Crippen molar-refractivity contribution in [2.24, 2.45) is 0 Å². The van der Waals surface area contributed by atoms with Gasteiger partial charge in [-0.05, 0) is 36.2 Å². The van der Waals surface area contributed by atoms with Crippen LogP contribution in [-0.2, 0) is 13.0 Å². The maximum Gasteiger partial charge on any atom is 0.0317 e. The van der Waals surface area contributed by atoms with Gasteiger partial charge in [-0.3, -0.25) is 0 Å². The molecule has 2 aromatic rings. The van der Waals surface area contributed by atoms with E-state index in [9.17, 15) is 0 Å². The van der Waals surface area contributed by atoms with Crippen molar-refractivity contribution >= 4 is 5.69 Å². The Morgan fingerprint density at radius 3 is 2.88 bits per heavy atom. The van der Waals surface area contributed by atoms with Crippen LogP contribution in [0.4, 0.5) is 5.69 Å². The Hall–Kier alpha value is -1.74. The summed E-state index contributed by atoms with van der Waals surface area (Å²) in [4.78, 5) is 3.18. The van der Waals surface area contributed by atoms with E-state index in [2.05, 4.69) is 22.4 Å². The monoisotopic (exact) mass is 215 g/mol. The van der Waals surface area contributed by atoms with Crippen LogP contribution in [-0.4, -0.2) is 11.5 Å². The lowest BCUT2D eigenvalue weighted by Gasteiger charge is -2.04. The normalized spacial score (nSPS) is 10.5. The molecule has 0 atom stereocenters. The maximum atomic E-state index is 5.71. The number of hydrogen-bond donors (Lipinski definition) is 3. The second-order valence-electron chi connectivity index (χ2n) is 3.87. The van der Waals surface area contributed by atoms with Gasteiger partial charge in [-0.25, -0.2) is 0 Å². The summed E-state index contributed by atoms with van der Waals surface area (Å²) in [6.45, 7) is 1.83. The van der Waals surface area contributed by atoms with Gasteiger partial charge in [0.15, 0.2) is 0 Å². The number of anilines is 1. The molecule has 3 heteroatoms. The zero-order valence-electron chi connectivity index (χ0n) is 9.24. The number of aromatic amines is 1. The molecule has 0 aliphatic rings. The van der Waals surface area contributed by atoms with Crippen LogP contribution in [0.25, 0.3) is 0 Å². The molecule has 84 valence electrons. The molecule has 4 N–H and O–H groups in total. The number of nitrogen functional groups attached to an aromatic ring is 1. The van der Waals surface area contributed by atoms with Crippen LogP contribution in [0.3, 0.4) is 0 Å². The van der Waals surface area contributed by atoms with E-state index in [0.717, 1.165) is 25.2 Å². The minimum Gasteiger partial charge on any atom is -0.399 e. The first-order chi connectivity index (χ1) is 7.84. The summed E-state index contributed by atoms with van der Waals surface area (Å²) in [6.07, 6.45) is 2.97. The van der Waals surface area contributed by atoms with Crippen molar-refractivity contribution in [3.8, 4) is 0 Å². The fraction of sp³-hybridized carbons (Fsp3) is 0.231. The molecule has 0 fully saturated rings. The van der Waals surface area contributed by atoms with E-state index in [4.69, 9.17) is 5.73 Å². The van der Waals surface area contributed by atoms with E-state index < -0.39 is 0 Å². The highest BCUT2D eigenvalue weighted by molar-refractivity contribution is 5.40. The molecule has 0 aliphatic heterocycles. The maximum absolute atomic E-state index is 5.71. The minimum atomic E-state index is 0.823.